The number of carbonyl (C=O) groups is 1. The van der Waals surface area contributed by atoms with E-state index in [9.17, 15) is 9.36 Å². The average Bonchev–Trinajstić information content (AvgIpc) is 2.47. The predicted molar refractivity (Wildman–Crippen MR) is 78.4 cm³/mol. The summed E-state index contributed by atoms with van der Waals surface area (Å²) in [5.74, 6) is 0.223. The minimum Gasteiger partial charge on any atom is -0.497 e. The lowest BCUT2D eigenvalue weighted by Gasteiger charge is -2.16. The lowest BCUT2D eigenvalue weighted by Crippen LogP contribution is -2.18. The minimum atomic E-state index is -3.67. The average molecular weight is 317 g/mol. The van der Waals surface area contributed by atoms with Gasteiger partial charge in [0, 0.05) is 5.69 Å². The van der Waals surface area contributed by atoms with Gasteiger partial charge in [0.25, 0.3) is 5.91 Å². The Morgan fingerprint density at radius 1 is 1.10 bits per heavy atom. The first-order chi connectivity index (χ1) is 10.0. The number of benzene rings is 1. The van der Waals surface area contributed by atoms with Gasteiger partial charge in [0.1, 0.15) is 12.4 Å². The zero-order valence-electron chi connectivity index (χ0n) is 12.3. The summed E-state index contributed by atoms with van der Waals surface area (Å²) >= 11 is 0. The van der Waals surface area contributed by atoms with E-state index in [-0.39, 0.29) is 13.2 Å². The number of rotatable bonds is 9. The van der Waals surface area contributed by atoms with Crippen LogP contribution in [-0.4, -0.2) is 32.8 Å². The maximum Gasteiger partial charge on any atom is 0.475 e. The summed E-state index contributed by atoms with van der Waals surface area (Å²) in [6.07, 6.45) is 0. The molecule has 0 saturated carbocycles. The molecule has 1 N–H and O–H groups in total. The van der Waals surface area contributed by atoms with Crippen LogP contribution in [-0.2, 0) is 22.9 Å². The zero-order chi connectivity index (χ0) is 15.7. The first-order valence-electron chi connectivity index (χ1n) is 6.50. The van der Waals surface area contributed by atoms with Gasteiger partial charge in [-0.1, -0.05) is 0 Å². The lowest BCUT2D eigenvalue weighted by molar-refractivity contribution is -0.118. The number of ether oxygens (including phenoxy) is 1. The van der Waals surface area contributed by atoms with Gasteiger partial charge in [0.15, 0.2) is 0 Å². The molecule has 21 heavy (non-hydrogen) atoms. The first-order valence-corrected chi connectivity index (χ1v) is 7.96. The fraction of sp³-hybridized carbons (Fsp3) is 0.462. The number of anilines is 1. The molecule has 0 unspecified atom stereocenters. The van der Waals surface area contributed by atoms with Crippen molar-refractivity contribution < 1.29 is 27.7 Å². The molecule has 1 aromatic rings. The van der Waals surface area contributed by atoms with Crippen molar-refractivity contribution in [2.24, 2.45) is 0 Å². The molecule has 0 radical (unpaired) electrons. The topological polar surface area (TPSA) is 83.1 Å². The summed E-state index contributed by atoms with van der Waals surface area (Å²) in [5, 5.41) is 2.60. The molecule has 1 amide bonds. The lowest BCUT2D eigenvalue weighted by atomic mass is 10.3. The van der Waals surface area contributed by atoms with E-state index in [0.29, 0.717) is 11.4 Å². The van der Waals surface area contributed by atoms with Crippen molar-refractivity contribution in [3.05, 3.63) is 24.3 Å². The zero-order valence-corrected chi connectivity index (χ0v) is 13.2. The predicted octanol–water partition coefficient (Wildman–Crippen LogP) is 2.83. The van der Waals surface area contributed by atoms with Crippen molar-refractivity contribution in [2.75, 3.05) is 32.2 Å². The number of hydrogen-bond donors (Lipinski definition) is 1. The van der Waals surface area contributed by atoms with E-state index in [1.165, 1.54) is 0 Å². The van der Waals surface area contributed by atoms with E-state index in [1.54, 1.807) is 45.2 Å². The molecule has 0 fully saturated rings. The van der Waals surface area contributed by atoms with Crippen LogP contribution in [0.3, 0.4) is 0 Å². The van der Waals surface area contributed by atoms with Crippen LogP contribution in [0.15, 0.2) is 24.3 Å². The Morgan fingerprint density at radius 2 is 1.67 bits per heavy atom. The molecular weight excluding hydrogens is 297 g/mol. The monoisotopic (exact) mass is 317 g/mol. The third-order valence-corrected chi connectivity index (χ3v) is 3.90. The van der Waals surface area contributed by atoms with Crippen molar-refractivity contribution in [3.63, 3.8) is 0 Å². The summed E-state index contributed by atoms with van der Waals surface area (Å²) in [6.45, 7) is 3.22. The normalized spacial score (nSPS) is 11.2. The molecule has 0 aromatic heterocycles. The number of phosphoric acid groups is 1. The van der Waals surface area contributed by atoms with Crippen LogP contribution in [0.5, 0.6) is 5.75 Å². The summed E-state index contributed by atoms with van der Waals surface area (Å²) in [6, 6.07) is 6.78. The quantitative estimate of drug-likeness (QED) is 0.705. The molecular formula is C13H20NO6P. The van der Waals surface area contributed by atoms with Gasteiger partial charge in [-0.25, -0.2) is 4.57 Å². The Morgan fingerprint density at radius 3 is 2.14 bits per heavy atom. The molecule has 7 nitrogen and oxygen atoms in total. The van der Waals surface area contributed by atoms with Crippen LogP contribution in [0.1, 0.15) is 13.8 Å². The van der Waals surface area contributed by atoms with Gasteiger partial charge in [0.05, 0.1) is 20.3 Å². The number of hydrogen-bond acceptors (Lipinski definition) is 6. The highest BCUT2D eigenvalue weighted by molar-refractivity contribution is 7.48. The van der Waals surface area contributed by atoms with Crippen LogP contribution in [0.25, 0.3) is 0 Å². The largest absolute Gasteiger partial charge is 0.497 e. The summed E-state index contributed by atoms with van der Waals surface area (Å²) in [7, 11) is -2.12. The van der Waals surface area contributed by atoms with Crippen molar-refractivity contribution in [1.29, 1.82) is 0 Å². The van der Waals surface area contributed by atoms with Gasteiger partial charge < -0.3 is 10.1 Å². The number of carbonyl (C=O) groups excluding carboxylic acids is 1. The number of phosphoric ester groups is 1. The second-order valence-electron chi connectivity index (χ2n) is 3.83. The summed E-state index contributed by atoms with van der Waals surface area (Å²) in [4.78, 5) is 11.7. The highest BCUT2D eigenvalue weighted by Crippen LogP contribution is 2.48. The molecule has 8 heteroatoms. The number of amides is 1. The fourth-order valence-electron chi connectivity index (χ4n) is 1.44. The third kappa shape index (κ3) is 6.27. The van der Waals surface area contributed by atoms with Crippen LogP contribution in [0.4, 0.5) is 5.69 Å². The second kappa shape index (κ2) is 8.79. The molecule has 1 rings (SSSR count). The van der Waals surface area contributed by atoms with Crippen molar-refractivity contribution in [3.8, 4) is 5.75 Å². The van der Waals surface area contributed by atoms with Crippen molar-refractivity contribution in [2.45, 2.75) is 13.8 Å². The van der Waals surface area contributed by atoms with Crippen molar-refractivity contribution in [1.82, 2.24) is 0 Å². The standard InChI is InChI=1S/C13H20NO6P/c1-4-18-21(16,19-5-2)20-10-13(15)14-11-6-8-12(17-3)9-7-11/h6-9H,4-5,10H2,1-3H3,(H,14,15). The van der Waals surface area contributed by atoms with E-state index in [4.69, 9.17) is 18.3 Å². The first kappa shape index (κ1) is 17.7. The van der Waals surface area contributed by atoms with Gasteiger partial charge in [-0.2, -0.15) is 0 Å². The Hall–Kier alpha value is -1.40. The van der Waals surface area contributed by atoms with Gasteiger partial charge >= 0.3 is 7.82 Å². The molecule has 0 saturated heterocycles. The van der Waals surface area contributed by atoms with E-state index in [2.05, 4.69) is 5.32 Å². The van der Waals surface area contributed by atoms with Crippen LogP contribution in [0.2, 0.25) is 0 Å². The third-order valence-electron chi connectivity index (χ3n) is 2.30. The van der Waals surface area contributed by atoms with Crippen LogP contribution in [0, 0.1) is 0 Å². The van der Waals surface area contributed by atoms with E-state index in [0.717, 1.165) is 0 Å². The molecule has 118 valence electrons. The van der Waals surface area contributed by atoms with Crippen molar-refractivity contribution >= 4 is 19.4 Å². The van der Waals surface area contributed by atoms with Crippen LogP contribution < -0.4 is 10.1 Å². The fourth-order valence-corrected chi connectivity index (χ4v) is 2.57. The van der Waals surface area contributed by atoms with E-state index >= 15 is 0 Å². The smallest absolute Gasteiger partial charge is 0.475 e. The summed E-state index contributed by atoms with van der Waals surface area (Å²) in [5.41, 5.74) is 0.576. The molecule has 0 bridgehead atoms. The molecule has 0 spiro atoms. The Balaban J connectivity index is 2.50. The number of nitrogens with one attached hydrogen (secondary N) is 1. The second-order valence-corrected chi connectivity index (χ2v) is 5.50. The van der Waals surface area contributed by atoms with E-state index < -0.39 is 20.3 Å². The maximum absolute atomic E-state index is 12.0. The Bertz CT molecular complexity index is 480. The molecule has 0 heterocycles. The molecule has 0 atom stereocenters. The van der Waals surface area contributed by atoms with Gasteiger partial charge in [-0.3, -0.25) is 18.4 Å². The molecule has 1 aromatic carbocycles. The minimum absolute atomic E-state index is 0.164. The molecule has 0 aliphatic heterocycles. The highest BCUT2D eigenvalue weighted by Gasteiger charge is 2.26. The van der Waals surface area contributed by atoms with Crippen LogP contribution >= 0.6 is 7.82 Å². The highest BCUT2D eigenvalue weighted by atomic mass is 31.2. The van der Waals surface area contributed by atoms with Gasteiger partial charge in [-0.15, -0.1) is 0 Å². The number of methoxy groups -OCH3 is 1. The Labute approximate surface area is 124 Å². The van der Waals surface area contributed by atoms with Gasteiger partial charge in [-0.05, 0) is 38.1 Å². The van der Waals surface area contributed by atoms with E-state index in [1.807, 2.05) is 0 Å². The SMILES string of the molecule is CCOP(=O)(OCC)OCC(=O)Nc1ccc(OC)cc1. The molecule has 0 aliphatic rings. The summed E-state index contributed by atoms with van der Waals surface area (Å²) < 4.78 is 31.8. The molecule has 0 aliphatic carbocycles. The Kier molecular flexibility index (Phi) is 7.39. The maximum atomic E-state index is 12.0. The van der Waals surface area contributed by atoms with Gasteiger partial charge in [0.2, 0.25) is 0 Å².